The van der Waals surface area contributed by atoms with Crippen molar-refractivity contribution in [3.63, 3.8) is 0 Å². The van der Waals surface area contributed by atoms with E-state index in [0.717, 1.165) is 0 Å². The largest absolute Gasteiger partial charge is 0.0638 e. The van der Waals surface area contributed by atoms with Crippen LogP contribution in [0, 0.1) is 12.8 Å². The fourth-order valence-electron chi connectivity index (χ4n) is 3.39. The van der Waals surface area contributed by atoms with Gasteiger partial charge in [0.15, 0.2) is 0 Å². The molecule has 0 aliphatic heterocycles. The minimum absolute atomic E-state index is 1.25. The van der Waals surface area contributed by atoms with Gasteiger partial charge in [0.1, 0.15) is 0 Å². The van der Waals surface area contributed by atoms with E-state index in [0.29, 0.717) is 0 Å². The van der Waals surface area contributed by atoms with Crippen LogP contribution < -0.4 is 0 Å². The molecule has 2 aliphatic carbocycles. The highest BCUT2D eigenvalue weighted by Gasteiger charge is 2.28. The highest BCUT2D eigenvalue weighted by Crippen LogP contribution is 2.40. The Morgan fingerprint density at radius 2 is 1.00 bits per heavy atom. The Morgan fingerprint density at radius 3 is 1.54 bits per heavy atom. The van der Waals surface area contributed by atoms with Crippen molar-refractivity contribution < 1.29 is 0 Å². The molecule has 4 rings (SSSR count). The molecule has 114 valence electrons. The monoisotopic (exact) mass is 307 g/mol. The minimum Gasteiger partial charge on any atom is -0.0617 e. The molecular weight excluding hydrogens is 288 g/mol. The van der Waals surface area contributed by atoms with E-state index in [1.807, 2.05) is 0 Å². The van der Waals surface area contributed by atoms with Crippen LogP contribution in [-0.2, 0) is 0 Å². The van der Waals surface area contributed by atoms with Crippen LogP contribution in [0.3, 0.4) is 0 Å². The first-order chi connectivity index (χ1) is 11.8. The van der Waals surface area contributed by atoms with Crippen LogP contribution in [0.25, 0.3) is 11.1 Å². The first-order valence-corrected chi connectivity index (χ1v) is 8.31. The van der Waals surface area contributed by atoms with E-state index < -0.39 is 0 Å². The lowest BCUT2D eigenvalue weighted by Gasteiger charge is -2.13. The zero-order chi connectivity index (χ0) is 16.4. The van der Waals surface area contributed by atoms with Gasteiger partial charge in [0.25, 0.3) is 0 Å². The summed E-state index contributed by atoms with van der Waals surface area (Å²) >= 11 is 0. The van der Waals surface area contributed by atoms with E-state index in [-0.39, 0.29) is 0 Å². The molecule has 0 unspecified atom stereocenters. The number of fused-ring (bicyclic) bond motifs is 1. The van der Waals surface area contributed by atoms with Crippen molar-refractivity contribution in [1.82, 2.24) is 0 Å². The maximum atomic E-state index is 2.32. The van der Waals surface area contributed by atoms with Crippen LogP contribution in [0.15, 0.2) is 97.1 Å². The van der Waals surface area contributed by atoms with Gasteiger partial charge in [0, 0.05) is 11.1 Å². The summed E-state index contributed by atoms with van der Waals surface area (Å²) in [5.74, 6) is 1.29. The smallest absolute Gasteiger partial charge is 0.0617 e. The highest BCUT2D eigenvalue weighted by molar-refractivity contribution is 5.80. The molecule has 0 amide bonds. The second kappa shape index (κ2) is 6.25. The van der Waals surface area contributed by atoms with Gasteiger partial charge in [-0.25, -0.2) is 0 Å². The average Bonchev–Trinajstić information content (AvgIpc) is 2.80. The van der Waals surface area contributed by atoms with Crippen LogP contribution in [0.1, 0.15) is 22.3 Å². The zero-order valence-electron chi connectivity index (χ0n) is 13.7. The van der Waals surface area contributed by atoms with Crippen LogP contribution >= 0.6 is 0 Å². The molecule has 0 heteroatoms. The lowest BCUT2D eigenvalue weighted by Crippen LogP contribution is -2.04. The molecule has 0 radical (unpaired) electrons. The lowest BCUT2D eigenvalue weighted by molar-refractivity contribution is 1.24. The predicted molar refractivity (Wildman–Crippen MR) is 101 cm³/mol. The van der Waals surface area contributed by atoms with Crippen molar-refractivity contribution >= 4 is 0 Å². The maximum Gasteiger partial charge on any atom is 0.0638 e. The number of hydrogen-bond donors (Lipinski definition) is 0. The molecule has 0 saturated heterocycles. The molecular formula is C24H19+. The van der Waals surface area contributed by atoms with E-state index in [1.54, 1.807) is 0 Å². The molecule has 0 bridgehead atoms. The average molecular weight is 307 g/mol. The van der Waals surface area contributed by atoms with Crippen molar-refractivity contribution in [1.29, 1.82) is 0 Å². The number of aryl methyl sites for hydroxylation is 1. The molecule has 0 N–H and O–H groups in total. The maximum absolute atomic E-state index is 2.32. The second-order valence-electron chi connectivity index (χ2n) is 6.09. The van der Waals surface area contributed by atoms with Gasteiger partial charge in [-0.3, -0.25) is 0 Å². The number of hydrogen-bond acceptors (Lipinski definition) is 0. The van der Waals surface area contributed by atoms with Crippen molar-refractivity contribution in [3.8, 4) is 11.1 Å². The third-order valence-electron chi connectivity index (χ3n) is 4.51. The van der Waals surface area contributed by atoms with Gasteiger partial charge in [-0.1, -0.05) is 30.3 Å². The molecule has 0 fully saturated rings. The van der Waals surface area contributed by atoms with Gasteiger partial charge in [-0.05, 0) is 79.2 Å². The van der Waals surface area contributed by atoms with Crippen molar-refractivity contribution in [3.05, 3.63) is 125 Å². The summed E-state index contributed by atoms with van der Waals surface area (Å²) in [6, 6.07) is 34.4. The standard InChI is InChI=1S/C24H19/c1-18-17-23(22-16-10-4-9-15-21(18)22)24(19-11-5-2-6-12-19)20-13-7-3-8-14-20/h2-17H,1H3/q+1. The fourth-order valence-corrected chi connectivity index (χ4v) is 3.39. The van der Waals surface area contributed by atoms with E-state index in [9.17, 15) is 0 Å². The SMILES string of the molecule is Cc1cc([C+](c2ccccc2)c2ccccc2)c2cccccc1-2. The van der Waals surface area contributed by atoms with E-state index in [1.165, 1.54) is 39.3 Å². The van der Waals surface area contributed by atoms with E-state index in [2.05, 4.69) is 104 Å². The molecule has 2 aromatic rings. The van der Waals surface area contributed by atoms with Crippen molar-refractivity contribution in [2.75, 3.05) is 0 Å². The summed E-state index contributed by atoms with van der Waals surface area (Å²) in [6.45, 7) is 2.19. The number of rotatable bonds is 3. The summed E-state index contributed by atoms with van der Waals surface area (Å²) < 4.78 is 0. The molecule has 2 aliphatic rings. The lowest BCUT2D eigenvalue weighted by atomic mass is 9.84. The van der Waals surface area contributed by atoms with Gasteiger partial charge in [-0.15, -0.1) is 0 Å². The van der Waals surface area contributed by atoms with Crippen molar-refractivity contribution in [2.24, 2.45) is 0 Å². The van der Waals surface area contributed by atoms with Gasteiger partial charge < -0.3 is 0 Å². The van der Waals surface area contributed by atoms with Crippen LogP contribution in [0.4, 0.5) is 0 Å². The van der Waals surface area contributed by atoms with Crippen LogP contribution in [0.2, 0.25) is 0 Å². The van der Waals surface area contributed by atoms with Gasteiger partial charge >= 0.3 is 0 Å². The highest BCUT2D eigenvalue weighted by atomic mass is 14.3. The molecule has 0 aromatic heterocycles. The zero-order valence-corrected chi connectivity index (χ0v) is 13.7. The molecule has 0 heterocycles. The summed E-state index contributed by atoms with van der Waals surface area (Å²) in [4.78, 5) is 0. The fraction of sp³-hybridized carbons (Fsp3) is 0.0417. The first kappa shape index (κ1) is 14.6. The Kier molecular flexibility index (Phi) is 3.80. The molecule has 0 nitrogen and oxygen atoms in total. The summed E-state index contributed by atoms with van der Waals surface area (Å²) in [6.07, 6.45) is 0. The van der Waals surface area contributed by atoms with Gasteiger partial charge in [0.05, 0.1) is 22.6 Å². The Labute approximate surface area is 143 Å². The van der Waals surface area contributed by atoms with Gasteiger partial charge in [-0.2, -0.15) is 0 Å². The Morgan fingerprint density at radius 1 is 0.542 bits per heavy atom. The van der Waals surface area contributed by atoms with E-state index >= 15 is 0 Å². The molecule has 0 spiro atoms. The summed E-state index contributed by atoms with van der Waals surface area (Å²) in [5.41, 5.74) is 7.75. The van der Waals surface area contributed by atoms with Crippen molar-refractivity contribution in [2.45, 2.75) is 6.92 Å². The topological polar surface area (TPSA) is 0 Å². The molecule has 2 aromatic carbocycles. The second-order valence-corrected chi connectivity index (χ2v) is 6.09. The van der Waals surface area contributed by atoms with Crippen LogP contribution in [-0.4, -0.2) is 0 Å². The Balaban J connectivity index is 1.97. The van der Waals surface area contributed by atoms with E-state index in [4.69, 9.17) is 0 Å². The third-order valence-corrected chi connectivity index (χ3v) is 4.51. The molecule has 0 saturated carbocycles. The first-order valence-electron chi connectivity index (χ1n) is 8.31. The predicted octanol–water partition coefficient (Wildman–Crippen LogP) is 6.12. The Hall–Kier alpha value is -2.99. The number of benzene rings is 2. The summed E-state index contributed by atoms with van der Waals surface area (Å²) in [7, 11) is 0. The van der Waals surface area contributed by atoms with Gasteiger partial charge in [0.2, 0.25) is 0 Å². The molecule has 0 atom stereocenters. The van der Waals surface area contributed by atoms with Crippen LogP contribution in [0.5, 0.6) is 0 Å². The summed E-state index contributed by atoms with van der Waals surface area (Å²) in [5, 5.41) is 0. The third kappa shape index (κ3) is 2.57. The molecule has 24 heavy (non-hydrogen) atoms. The minimum atomic E-state index is 1.25. The Bertz CT molecular complexity index is 867. The normalized spacial score (nSPS) is 10.7. The quantitative estimate of drug-likeness (QED) is 0.400.